The van der Waals surface area contributed by atoms with Crippen LogP contribution in [-0.4, -0.2) is 75.7 Å². The monoisotopic (exact) mass is 431 g/mol. The van der Waals surface area contributed by atoms with E-state index in [-0.39, 0.29) is 5.91 Å². The number of aromatic nitrogens is 4. The summed E-state index contributed by atoms with van der Waals surface area (Å²) in [7, 11) is 1.58. The minimum absolute atomic E-state index is 0.150. The van der Waals surface area contributed by atoms with E-state index >= 15 is 0 Å². The Morgan fingerprint density at radius 3 is 2.50 bits per heavy atom. The van der Waals surface area contributed by atoms with Crippen molar-refractivity contribution in [3.05, 3.63) is 65.5 Å². The topological polar surface area (TPSA) is 100 Å². The number of methoxy groups -OCH3 is 1. The van der Waals surface area contributed by atoms with Gasteiger partial charge in [-0.25, -0.2) is 4.68 Å². The predicted molar refractivity (Wildman–Crippen MR) is 117 cm³/mol. The van der Waals surface area contributed by atoms with Gasteiger partial charge in [0.05, 0.1) is 24.8 Å². The molecular weight excluding hydrogens is 406 g/mol. The summed E-state index contributed by atoms with van der Waals surface area (Å²) >= 11 is 0. The lowest BCUT2D eigenvalue weighted by Crippen LogP contribution is -2.49. The van der Waals surface area contributed by atoms with Gasteiger partial charge >= 0.3 is 0 Å². The molecule has 0 saturated carbocycles. The normalized spacial score (nSPS) is 14.2. The second-order valence-corrected chi connectivity index (χ2v) is 7.72. The molecular formula is C23H25N7O2. The molecule has 3 aromatic rings. The Morgan fingerprint density at radius 1 is 1.09 bits per heavy atom. The lowest BCUT2D eigenvalue weighted by molar-refractivity contribution is -0.132. The summed E-state index contributed by atoms with van der Waals surface area (Å²) in [5, 5.41) is 20.2. The Bertz CT molecular complexity index is 1080. The van der Waals surface area contributed by atoms with Crippen molar-refractivity contribution in [2.75, 3.05) is 39.8 Å². The van der Waals surface area contributed by atoms with Crippen LogP contribution in [0.15, 0.2) is 48.8 Å². The average molecular weight is 432 g/mol. The molecule has 0 spiro atoms. The van der Waals surface area contributed by atoms with E-state index in [1.54, 1.807) is 17.9 Å². The zero-order valence-electron chi connectivity index (χ0n) is 18.0. The van der Waals surface area contributed by atoms with Crippen LogP contribution in [-0.2, 0) is 17.6 Å². The predicted octanol–water partition coefficient (Wildman–Crippen LogP) is 1.47. The molecule has 9 heteroatoms. The van der Waals surface area contributed by atoms with Gasteiger partial charge in [-0.15, -0.1) is 5.10 Å². The lowest BCUT2D eigenvalue weighted by Gasteiger charge is -2.35. The number of nitriles is 1. The van der Waals surface area contributed by atoms with E-state index in [9.17, 15) is 4.79 Å². The fourth-order valence-electron chi connectivity index (χ4n) is 3.82. The summed E-state index contributed by atoms with van der Waals surface area (Å²) in [6, 6.07) is 15.6. The van der Waals surface area contributed by atoms with Crippen LogP contribution in [0.5, 0.6) is 5.75 Å². The maximum absolute atomic E-state index is 12.7. The summed E-state index contributed by atoms with van der Waals surface area (Å²) < 4.78 is 6.88. The number of nitrogens with zero attached hydrogens (tertiary/aromatic N) is 7. The van der Waals surface area contributed by atoms with Crippen molar-refractivity contribution >= 4 is 5.91 Å². The molecule has 164 valence electrons. The van der Waals surface area contributed by atoms with E-state index in [2.05, 4.69) is 26.5 Å². The van der Waals surface area contributed by atoms with Gasteiger partial charge in [-0.3, -0.25) is 9.69 Å². The van der Waals surface area contributed by atoms with E-state index in [0.717, 1.165) is 56.0 Å². The molecule has 0 aliphatic carbocycles. The molecule has 2 heterocycles. The number of carbonyl (C=O) groups excluding carboxylic acids is 1. The maximum Gasteiger partial charge on any atom is 0.227 e. The zero-order valence-corrected chi connectivity index (χ0v) is 18.0. The van der Waals surface area contributed by atoms with Crippen LogP contribution in [0.1, 0.15) is 16.7 Å². The number of piperazine rings is 1. The van der Waals surface area contributed by atoms with Crippen LogP contribution in [0.3, 0.4) is 0 Å². The van der Waals surface area contributed by atoms with Crippen molar-refractivity contribution in [3.8, 4) is 17.5 Å². The van der Waals surface area contributed by atoms with Crippen LogP contribution in [0.4, 0.5) is 0 Å². The van der Waals surface area contributed by atoms with Gasteiger partial charge < -0.3 is 9.64 Å². The molecule has 32 heavy (non-hydrogen) atoms. The second kappa shape index (κ2) is 10.0. The highest BCUT2D eigenvalue weighted by molar-refractivity contribution is 5.79. The quantitative estimate of drug-likeness (QED) is 0.558. The summed E-state index contributed by atoms with van der Waals surface area (Å²) in [5.74, 6) is 0.767. The van der Waals surface area contributed by atoms with E-state index in [1.807, 2.05) is 41.3 Å². The van der Waals surface area contributed by atoms with Crippen LogP contribution in [0.25, 0.3) is 5.69 Å². The van der Waals surface area contributed by atoms with E-state index < -0.39 is 0 Å². The van der Waals surface area contributed by atoms with Crippen molar-refractivity contribution in [1.82, 2.24) is 30.0 Å². The fourth-order valence-corrected chi connectivity index (χ4v) is 3.82. The molecule has 1 aromatic heterocycles. The zero-order chi connectivity index (χ0) is 22.3. The molecule has 0 unspecified atom stereocenters. The highest BCUT2D eigenvalue weighted by Gasteiger charge is 2.21. The molecule has 1 fully saturated rings. The molecule has 0 bridgehead atoms. The van der Waals surface area contributed by atoms with Crippen LogP contribution in [0.2, 0.25) is 0 Å². The minimum atomic E-state index is 0.150. The first-order valence-electron chi connectivity index (χ1n) is 10.6. The Balaban J connectivity index is 1.24. The van der Waals surface area contributed by atoms with Crippen LogP contribution >= 0.6 is 0 Å². The van der Waals surface area contributed by atoms with Crippen LogP contribution in [0, 0.1) is 11.3 Å². The molecule has 4 rings (SSSR count). The van der Waals surface area contributed by atoms with E-state index in [4.69, 9.17) is 10.00 Å². The van der Waals surface area contributed by atoms with Gasteiger partial charge in [-0.1, -0.05) is 18.2 Å². The second-order valence-electron chi connectivity index (χ2n) is 7.72. The number of tetrazole rings is 1. The van der Waals surface area contributed by atoms with Gasteiger partial charge in [0, 0.05) is 32.7 Å². The number of amides is 1. The summed E-state index contributed by atoms with van der Waals surface area (Å²) in [5.41, 5.74) is 3.53. The number of hydrogen-bond donors (Lipinski definition) is 0. The van der Waals surface area contributed by atoms with Gasteiger partial charge in [0.2, 0.25) is 5.91 Å². The number of carbonyl (C=O) groups is 1. The number of hydrogen-bond acceptors (Lipinski definition) is 7. The summed E-state index contributed by atoms with van der Waals surface area (Å²) in [4.78, 5) is 17.0. The third kappa shape index (κ3) is 5.10. The summed E-state index contributed by atoms with van der Waals surface area (Å²) in [6.07, 6.45) is 2.81. The van der Waals surface area contributed by atoms with E-state index in [0.29, 0.717) is 17.7 Å². The Morgan fingerprint density at radius 2 is 1.84 bits per heavy atom. The SMILES string of the molecule is COc1cc(CCN2CCN(C(=O)Cc3ccc(-n4cnnn4)cc3)CC2)ccc1C#N. The maximum atomic E-state index is 12.7. The number of rotatable bonds is 7. The lowest BCUT2D eigenvalue weighted by atomic mass is 10.1. The molecule has 0 atom stereocenters. The largest absolute Gasteiger partial charge is 0.495 e. The first-order chi connectivity index (χ1) is 15.7. The standard InChI is InChI=1S/C23H25N7O2/c1-32-22-14-19(2-5-20(22)16-24)8-9-28-10-12-29(13-11-28)23(31)15-18-3-6-21(7-4-18)30-17-25-26-27-30/h2-7,14,17H,8-13,15H2,1H3. The average Bonchev–Trinajstić information content (AvgIpc) is 3.38. The number of ether oxygens (including phenoxy) is 1. The van der Waals surface area contributed by atoms with Gasteiger partial charge in [0.25, 0.3) is 0 Å². The third-order valence-corrected chi connectivity index (χ3v) is 5.73. The summed E-state index contributed by atoms with van der Waals surface area (Å²) in [6.45, 7) is 4.10. The van der Waals surface area contributed by atoms with E-state index in [1.165, 1.54) is 6.33 Å². The van der Waals surface area contributed by atoms with Crippen LogP contribution < -0.4 is 4.74 Å². The Labute approximate surface area is 186 Å². The van der Waals surface area contributed by atoms with Crippen molar-refractivity contribution in [3.63, 3.8) is 0 Å². The molecule has 1 aliphatic heterocycles. The molecule has 0 N–H and O–H groups in total. The molecule has 0 radical (unpaired) electrons. The Kier molecular flexibility index (Phi) is 6.72. The molecule has 2 aromatic carbocycles. The molecule has 1 aliphatic rings. The first kappa shape index (κ1) is 21.5. The highest BCUT2D eigenvalue weighted by Crippen LogP contribution is 2.20. The fraction of sp³-hybridized carbons (Fsp3) is 0.348. The highest BCUT2D eigenvalue weighted by atomic mass is 16.5. The van der Waals surface area contributed by atoms with Gasteiger partial charge in [-0.2, -0.15) is 5.26 Å². The van der Waals surface area contributed by atoms with Crippen molar-refractivity contribution in [2.45, 2.75) is 12.8 Å². The van der Waals surface area contributed by atoms with Crippen molar-refractivity contribution in [2.24, 2.45) is 0 Å². The number of benzene rings is 2. The molecule has 1 amide bonds. The smallest absolute Gasteiger partial charge is 0.227 e. The molecule has 9 nitrogen and oxygen atoms in total. The van der Waals surface area contributed by atoms with Gasteiger partial charge in [-0.05, 0) is 52.2 Å². The molecule has 1 saturated heterocycles. The van der Waals surface area contributed by atoms with Gasteiger partial charge in [0.1, 0.15) is 18.1 Å². The van der Waals surface area contributed by atoms with Crippen molar-refractivity contribution < 1.29 is 9.53 Å². The van der Waals surface area contributed by atoms with Crippen molar-refractivity contribution in [1.29, 1.82) is 5.26 Å². The minimum Gasteiger partial charge on any atom is -0.495 e. The Hall–Kier alpha value is -3.77. The first-order valence-corrected chi connectivity index (χ1v) is 10.6. The van der Waals surface area contributed by atoms with Gasteiger partial charge in [0.15, 0.2) is 0 Å². The third-order valence-electron chi connectivity index (χ3n) is 5.73.